The molecule has 1 amide bonds. The molecule has 40 heavy (non-hydrogen) atoms. The fraction of sp³-hybridized carbons (Fsp3) is 0.250. The Balaban J connectivity index is 1.54. The molecule has 0 radical (unpaired) electrons. The van der Waals surface area contributed by atoms with Gasteiger partial charge in [-0.15, -0.1) is 11.6 Å². The smallest absolute Gasteiger partial charge is 0.470 e. The molecule has 3 N–H and O–H groups in total. The van der Waals surface area contributed by atoms with Gasteiger partial charge in [-0.3, -0.25) is 13.3 Å². The molecule has 0 bridgehead atoms. The topological polar surface area (TPSA) is 126 Å². The van der Waals surface area contributed by atoms with Crippen LogP contribution >= 0.6 is 11.6 Å². The number of hydrogen-bond acceptors (Lipinski definition) is 6. The third kappa shape index (κ3) is 5.94. The summed E-state index contributed by atoms with van der Waals surface area (Å²) < 4.78 is 45.6. The molecule has 1 aromatic heterocycles. The second-order valence-corrected chi connectivity index (χ2v) is 11.2. The molecule has 0 spiro atoms. The van der Waals surface area contributed by atoms with Crippen LogP contribution < -0.4 is 9.62 Å². The monoisotopic (exact) mass is 583 g/mol. The summed E-state index contributed by atoms with van der Waals surface area (Å²) in [4.78, 5) is 12.9. The predicted octanol–water partition coefficient (Wildman–Crippen LogP) is 4.44. The molecular weight excluding hydrogens is 558 g/mol. The van der Waals surface area contributed by atoms with Gasteiger partial charge >= 0.3 is 7.12 Å². The lowest BCUT2D eigenvalue weighted by molar-refractivity contribution is 0.0964. The lowest BCUT2D eigenvalue weighted by Crippen LogP contribution is -2.28. The van der Waals surface area contributed by atoms with Crippen LogP contribution in [0.4, 0.5) is 10.1 Å². The molecule has 3 aromatic carbocycles. The van der Waals surface area contributed by atoms with Gasteiger partial charge in [0.25, 0.3) is 5.91 Å². The minimum absolute atomic E-state index is 0.0343. The van der Waals surface area contributed by atoms with Crippen LogP contribution in [-0.2, 0) is 24.2 Å². The quantitative estimate of drug-likeness (QED) is 0.144. The van der Waals surface area contributed by atoms with E-state index in [4.69, 9.17) is 16.0 Å². The molecule has 5 rings (SSSR count). The van der Waals surface area contributed by atoms with Crippen molar-refractivity contribution in [3.8, 4) is 11.3 Å². The van der Waals surface area contributed by atoms with Crippen LogP contribution in [0, 0.1) is 5.82 Å². The summed E-state index contributed by atoms with van der Waals surface area (Å²) in [7, 11) is -0.144. The lowest BCUT2D eigenvalue weighted by atomic mass is 9.82. The normalized spacial score (nSPS) is 14.7. The molecule has 1 aliphatic rings. The maximum Gasteiger partial charge on any atom is 0.470 e. The zero-order valence-electron chi connectivity index (χ0n) is 21.5. The summed E-state index contributed by atoms with van der Waals surface area (Å²) >= 11 is 3.33. The standard InChI is InChI=1S/C28H27BClFN2O6S/c1-32-28(34)26-23-14-22(17-4-5-17)19(13-24(23)39-27(26)18-6-8-20(31)9-7-18)15-33(40(37)38)21-10-2-16(3-11-21)12-25(30)29(35)36/h2-3,6-11,13-14,17,25,35-36H,4-5,12,15H2,1H3,(H,32,34)(H,37,38)/p-1. The number of nitrogens with zero attached hydrogens (tertiary/aromatic N) is 1. The number of carbonyl (C=O) groups excluding carboxylic acids is 1. The average molecular weight is 584 g/mol. The number of nitrogens with one attached hydrogen (secondary N) is 1. The molecule has 1 heterocycles. The predicted molar refractivity (Wildman–Crippen MR) is 152 cm³/mol. The highest BCUT2D eigenvalue weighted by molar-refractivity contribution is 7.80. The average Bonchev–Trinajstić information content (AvgIpc) is 3.72. The van der Waals surface area contributed by atoms with Crippen molar-refractivity contribution in [3.05, 3.63) is 88.7 Å². The SMILES string of the molecule is CNC(=O)c1c(-c2ccc(F)cc2)oc2cc(CN(c3ccc(CC(Cl)B(O)O)cc3)S(=O)[O-])c(C3CC3)cc12. The summed E-state index contributed by atoms with van der Waals surface area (Å²) in [6.07, 6.45) is 2.09. The van der Waals surface area contributed by atoms with E-state index in [2.05, 4.69) is 5.32 Å². The number of fused-ring (bicyclic) bond motifs is 1. The molecule has 2 unspecified atom stereocenters. The van der Waals surface area contributed by atoms with Crippen molar-refractivity contribution in [2.45, 2.75) is 37.0 Å². The largest absolute Gasteiger partial charge is 0.755 e. The minimum atomic E-state index is -2.61. The Kier molecular flexibility index (Phi) is 8.30. The molecule has 2 atom stereocenters. The molecular formula is C28H26BClFN2O6S-. The number of furan rings is 1. The number of alkyl halides is 1. The van der Waals surface area contributed by atoms with E-state index in [1.807, 2.05) is 6.07 Å². The van der Waals surface area contributed by atoms with Crippen LogP contribution in [-0.4, -0.2) is 44.2 Å². The number of halogens is 2. The Labute approximate surface area is 238 Å². The molecule has 208 valence electrons. The summed E-state index contributed by atoms with van der Waals surface area (Å²) in [6, 6.07) is 16.0. The van der Waals surface area contributed by atoms with Crippen LogP contribution in [0.2, 0.25) is 0 Å². The van der Waals surface area contributed by atoms with Crippen LogP contribution in [0.1, 0.15) is 45.8 Å². The fourth-order valence-corrected chi connectivity index (χ4v) is 5.50. The van der Waals surface area contributed by atoms with Crippen molar-refractivity contribution in [1.29, 1.82) is 0 Å². The third-order valence-electron chi connectivity index (χ3n) is 7.00. The first-order valence-corrected chi connectivity index (χ1v) is 14.2. The van der Waals surface area contributed by atoms with Crippen LogP contribution in [0.3, 0.4) is 0 Å². The summed E-state index contributed by atoms with van der Waals surface area (Å²) in [5, 5.41) is 20.8. The summed E-state index contributed by atoms with van der Waals surface area (Å²) in [5.74, 6) is -0.218. The second kappa shape index (κ2) is 11.7. The van der Waals surface area contributed by atoms with Crippen molar-refractivity contribution in [2.24, 2.45) is 0 Å². The molecule has 1 aliphatic carbocycles. The van der Waals surface area contributed by atoms with Crippen LogP contribution in [0.5, 0.6) is 0 Å². The van der Waals surface area contributed by atoms with Gasteiger partial charge in [0.15, 0.2) is 0 Å². The maximum absolute atomic E-state index is 13.6. The highest BCUT2D eigenvalue weighted by Crippen LogP contribution is 2.45. The Hall–Kier alpha value is -3.22. The first kappa shape index (κ1) is 28.3. The number of rotatable bonds is 10. The van der Waals surface area contributed by atoms with Gasteiger partial charge in [-0.25, -0.2) is 4.39 Å². The minimum Gasteiger partial charge on any atom is -0.755 e. The summed E-state index contributed by atoms with van der Waals surface area (Å²) in [5.41, 5.74) is 4.13. The van der Waals surface area contributed by atoms with Gasteiger partial charge in [0.2, 0.25) is 0 Å². The van der Waals surface area contributed by atoms with E-state index in [-0.39, 0.29) is 24.8 Å². The number of hydrogen-bond donors (Lipinski definition) is 3. The Morgan fingerprint density at radius 2 is 1.88 bits per heavy atom. The highest BCUT2D eigenvalue weighted by Gasteiger charge is 2.30. The number of anilines is 1. The third-order valence-corrected chi connectivity index (χ3v) is 8.08. The van der Waals surface area contributed by atoms with Gasteiger partial charge in [-0.2, -0.15) is 0 Å². The van der Waals surface area contributed by atoms with E-state index < -0.39 is 29.5 Å². The second-order valence-electron chi connectivity index (χ2n) is 9.77. The molecule has 8 nitrogen and oxygen atoms in total. The van der Waals surface area contributed by atoms with Gasteiger partial charge in [0.1, 0.15) is 17.2 Å². The Morgan fingerprint density at radius 1 is 1.20 bits per heavy atom. The highest BCUT2D eigenvalue weighted by atomic mass is 35.5. The zero-order valence-corrected chi connectivity index (χ0v) is 23.0. The molecule has 0 aliphatic heterocycles. The van der Waals surface area contributed by atoms with Crippen molar-refractivity contribution < 1.29 is 32.4 Å². The van der Waals surface area contributed by atoms with Gasteiger partial charge < -0.3 is 24.3 Å². The van der Waals surface area contributed by atoms with Crippen LogP contribution in [0.15, 0.2) is 65.1 Å². The van der Waals surface area contributed by atoms with Gasteiger partial charge in [0.05, 0.1) is 17.4 Å². The molecule has 12 heteroatoms. The van der Waals surface area contributed by atoms with Crippen molar-refractivity contribution in [2.75, 3.05) is 11.4 Å². The lowest BCUT2D eigenvalue weighted by Gasteiger charge is -2.28. The molecule has 1 saturated carbocycles. The number of amides is 1. The maximum atomic E-state index is 13.6. The van der Waals surface area contributed by atoms with Crippen molar-refractivity contribution in [3.63, 3.8) is 0 Å². The van der Waals surface area contributed by atoms with E-state index in [9.17, 15) is 28.0 Å². The van der Waals surface area contributed by atoms with Crippen molar-refractivity contribution in [1.82, 2.24) is 5.32 Å². The number of carbonyl (C=O) groups is 1. The van der Waals surface area contributed by atoms with E-state index >= 15 is 0 Å². The van der Waals surface area contributed by atoms with Gasteiger partial charge in [0, 0.05) is 35.0 Å². The first-order chi connectivity index (χ1) is 19.2. The Bertz CT molecular complexity index is 1560. The first-order valence-electron chi connectivity index (χ1n) is 12.7. The molecule has 4 aromatic rings. The molecule has 1 fully saturated rings. The van der Waals surface area contributed by atoms with E-state index in [0.29, 0.717) is 33.5 Å². The van der Waals surface area contributed by atoms with E-state index in [0.717, 1.165) is 29.5 Å². The fourth-order valence-electron chi connectivity index (χ4n) is 4.78. The van der Waals surface area contributed by atoms with Crippen LogP contribution in [0.25, 0.3) is 22.3 Å². The Morgan fingerprint density at radius 3 is 2.45 bits per heavy atom. The van der Waals surface area contributed by atoms with E-state index in [1.54, 1.807) is 42.5 Å². The van der Waals surface area contributed by atoms with E-state index in [1.165, 1.54) is 23.5 Å². The van der Waals surface area contributed by atoms with Crippen molar-refractivity contribution >= 4 is 52.5 Å². The number of benzene rings is 3. The zero-order chi connectivity index (χ0) is 28.6. The summed E-state index contributed by atoms with van der Waals surface area (Å²) in [6.45, 7) is 0.0343. The van der Waals surface area contributed by atoms with Gasteiger partial charge in [-0.1, -0.05) is 12.1 Å². The van der Waals surface area contributed by atoms with Gasteiger partial charge in [-0.05, 0) is 90.4 Å². The molecule has 0 saturated heterocycles.